The maximum absolute atomic E-state index is 2.54. The van der Waals surface area contributed by atoms with Gasteiger partial charge in [-0.3, -0.25) is 0 Å². The molecule has 0 fully saturated rings. The molecule has 0 bridgehead atoms. The molecule has 1 spiro atoms. The molecule has 0 radical (unpaired) electrons. The molecule has 0 aliphatic heterocycles. The molecular weight excluding hydrogens is 471 g/mol. The van der Waals surface area contributed by atoms with Gasteiger partial charge in [-0.05, 0) is 81.5 Å². The molecule has 172 valence electrons. The van der Waals surface area contributed by atoms with Crippen LogP contribution in [0.2, 0.25) is 0 Å². The maximum Gasteiger partial charge on any atom is 0.0819 e. The van der Waals surface area contributed by atoms with Crippen LogP contribution in [-0.2, 0) is 11.8 Å². The van der Waals surface area contributed by atoms with E-state index in [4.69, 9.17) is 0 Å². The van der Waals surface area contributed by atoms with Gasteiger partial charge in [0.1, 0.15) is 0 Å². The molecule has 0 N–H and O–H groups in total. The second-order valence-electron chi connectivity index (χ2n) is 10.2. The van der Waals surface area contributed by atoms with E-state index in [1.165, 1.54) is 64.9 Å². The average Bonchev–Trinajstić information content (AvgIpc) is 3.52. The van der Waals surface area contributed by atoms with Gasteiger partial charge >= 0.3 is 0 Å². The molecule has 2 heteroatoms. The van der Waals surface area contributed by atoms with Gasteiger partial charge in [-0.15, -0.1) is 11.3 Å². The van der Waals surface area contributed by atoms with E-state index in [1.807, 2.05) is 11.3 Å². The average molecular weight is 497 g/mol. The minimum atomic E-state index is -0.227. The number of fused-ring (bicyclic) bond motifs is 12. The molecule has 0 saturated carbocycles. The maximum atomic E-state index is 2.54. The van der Waals surface area contributed by atoms with Crippen molar-refractivity contribution in [1.82, 2.24) is 0 Å². The van der Waals surface area contributed by atoms with Crippen LogP contribution in [0.3, 0.4) is 0 Å². The molecule has 1 aromatic heterocycles. The van der Waals surface area contributed by atoms with Crippen LogP contribution in [0.4, 0.5) is 0 Å². The number of rotatable bonds is 2. The smallest absolute Gasteiger partial charge is 0.0819 e. The van der Waals surface area contributed by atoms with E-state index >= 15 is 0 Å². The van der Waals surface area contributed by atoms with Gasteiger partial charge in [-0.1, -0.05) is 105 Å². The third-order valence-electron chi connectivity index (χ3n) is 8.16. The van der Waals surface area contributed by atoms with Crippen molar-refractivity contribution in [2.75, 3.05) is 0 Å². The van der Waals surface area contributed by atoms with Gasteiger partial charge in [0, 0.05) is 15.3 Å². The summed E-state index contributed by atoms with van der Waals surface area (Å²) in [5.41, 5.74) is 12.8. The SMILES string of the molecule is Cc1ccc2c(c1)C1(c3ccccc3-c3ccc(Pc4ccccc4)cc31)c1sc3c(c1-2)CCC=C3. The van der Waals surface area contributed by atoms with Gasteiger partial charge in [-0.25, -0.2) is 0 Å². The Hall–Kier alpha value is -3.25. The lowest BCUT2D eigenvalue weighted by molar-refractivity contribution is 0.810. The van der Waals surface area contributed by atoms with E-state index in [0.717, 1.165) is 12.8 Å². The Morgan fingerprint density at radius 3 is 2.42 bits per heavy atom. The molecule has 2 unspecified atom stereocenters. The Bertz CT molecular complexity index is 1720. The highest BCUT2D eigenvalue weighted by Gasteiger charge is 2.53. The fourth-order valence-electron chi connectivity index (χ4n) is 6.72. The first kappa shape index (κ1) is 20.9. The predicted molar refractivity (Wildman–Crippen MR) is 157 cm³/mol. The van der Waals surface area contributed by atoms with E-state index in [2.05, 4.69) is 110 Å². The fraction of sp³-hybridized carbons (Fsp3) is 0.118. The zero-order chi connectivity index (χ0) is 23.9. The largest absolute Gasteiger partial charge is 0.138 e. The van der Waals surface area contributed by atoms with Gasteiger partial charge in [0.05, 0.1) is 5.41 Å². The van der Waals surface area contributed by atoms with Crippen LogP contribution in [0.5, 0.6) is 0 Å². The lowest BCUT2D eigenvalue weighted by Gasteiger charge is -2.30. The van der Waals surface area contributed by atoms with Gasteiger partial charge in [0.15, 0.2) is 0 Å². The van der Waals surface area contributed by atoms with Crippen LogP contribution in [0.1, 0.15) is 44.0 Å². The highest BCUT2D eigenvalue weighted by Crippen LogP contribution is 2.66. The van der Waals surface area contributed by atoms with Crippen molar-refractivity contribution in [2.45, 2.75) is 25.2 Å². The number of aryl methyl sites for hydroxylation is 1. The standard InChI is InChI=1S/C34H25PS/c1-21-15-17-26-29(19-21)34(33-32(26)27-12-6-8-14-31(27)36-33)28-13-7-5-11-24(28)25-18-16-23(20-30(25)34)35-22-9-3-2-4-10-22/h2-5,7-11,13-20,35H,6,12H2,1H3. The summed E-state index contributed by atoms with van der Waals surface area (Å²) in [6.45, 7) is 2.24. The predicted octanol–water partition coefficient (Wildman–Crippen LogP) is 7.99. The molecule has 3 aliphatic carbocycles. The lowest BCUT2D eigenvalue weighted by Crippen LogP contribution is -2.26. The van der Waals surface area contributed by atoms with E-state index in [0.29, 0.717) is 8.58 Å². The van der Waals surface area contributed by atoms with E-state index < -0.39 is 0 Å². The summed E-state index contributed by atoms with van der Waals surface area (Å²) in [6.07, 6.45) is 7.01. The van der Waals surface area contributed by atoms with Gasteiger partial charge in [0.2, 0.25) is 0 Å². The third kappa shape index (κ3) is 2.68. The highest BCUT2D eigenvalue weighted by molar-refractivity contribution is 7.55. The summed E-state index contributed by atoms with van der Waals surface area (Å²) in [6, 6.07) is 34.6. The number of benzene rings is 4. The minimum Gasteiger partial charge on any atom is -0.138 e. The Kier molecular flexibility index (Phi) is 4.43. The van der Waals surface area contributed by atoms with Crippen molar-refractivity contribution in [1.29, 1.82) is 0 Å². The molecule has 4 aromatic carbocycles. The Morgan fingerprint density at radius 1 is 0.722 bits per heavy atom. The van der Waals surface area contributed by atoms with Crippen LogP contribution in [0.15, 0.2) is 97.1 Å². The quantitative estimate of drug-likeness (QED) is 0.213. The van der Waals surface area contributed by atoms with Crippen molar-refractivity contribution < 1.29 is 0 Å². The van der Waals surface area contributed by atoms with Crippen LogP contribution in [0, 0.1) is 6.92 Å². The molecule has 5 aromatic rings. The summed E-state index contributed by atoms with van der Waals surface area (Å²) < 4.78 is 0. The zero-order valence-corrected chi connectivity index (χ0v) is 22.0. The van der Waals surface area contributed by atoms with Crippen molar-refractivity contribution in [3.8, 4) is 22.3 Å². The summed E-state index contributed by atoms with van der Waals surface area (Å²) in [7, 11) is 0.655. The second kappa shape index (κ2) is 7.62. The normalized spacial score (nSPS) is 18.4. The van der Waals surface area contributed by atoms with Gasteiger partial charge in [0.25, 0.3) is 0 Å². The number of hydrogen-bond acceptors (Lipinski definition) is 1. The molecule has 36 heavy (non-hydrogen) atoms. The number of hydrogen-bond donors (Lipinski definition) is 0. The summed E-state index contributed by atoms with van der Waals surface area (Å²) >= 11 is 2.04. The first-order chi connectivity index (χ1) is 17.7. The topological polar surface area (TPSA) is 0 Å². The summed E-state index contributed by atoms with van der Waals surface area (Å²) in [5, 5.41) is 2.80. The van der Waals surface area contributed by atoms with Crippen LogP contribution < -0.4 is 10.6 Å². The Balaban J connectivity index is 1.47. The van der Waals surface area contributed by atoms with Crippen molar-refractivity contribution >= 4 is 36.6 Å². The van der Waals surface area contributed by atoms with Crippen molar-refractivity contribution in [3.05, 3.63) is 135 Å². The Labute approximate surface area is 218 Å². The van der Waals surface area contributed by atoms with Crippen LogP contribution in [0.25, 0.3) is 28.3 Å². The lowest BCUT2D eigenvalue weighted by atomic mass is 9.73. The minimum absolute atomic E-state index is 0.227. The van der Waals surface area contributed by atoms with Gasteiger partial charge in [-0.2, -0.15) is 0 Å². The number of thiophene rings is 1. The molecule has 3 aliphatic rings. The molecule has 0 saturated heterocycles. The van der Waals surface area contributed by atoms with Crippen LogP contribution in [-0.4, -0.2) is 0 Å². The first-order valence-corrected chi connectivity index (χ1v) is 14.6. The molecule has 8 rings (SSSR count). The second-order valence-corrected chi connectivity index (χ2v) is 12.6. The highest BCUT2D eigenvalue weighted by atomic mass is 32.1. The monoisotopic (exact) mass is 496 g/mol. The molecule has 1 heterocycles. The van der Waals surface area contributed by atoms with E-state index in [9.17, 15) is 0 Å². The summed E-state index contributed by atoms with van der Waals surface area (Å²) in [4.78, 5) is 3.00. The van der Waals surface area contributed by atoms with Crippen molar-refractivity contribution in [2.24, 2.45) is 0 Å². The molecule has 2 atom stereocenters. The first-order valence-electron chi connectivity index (χ1n) is 12.8. The van der Waals surface area contributed by atoms with Gasteiger partial charge < -0.3 is 0 Å². The Morgan fingerprint density at radius 2 is 1.50 bits per heavy atom. The molecular formula is C34H25PS. The zero-order valence-electron chi connectivity index (χ0n) is 20.1. The molecule has 0 amide bonds. The van der Waals surface area contributed by atoms with Crippen LogP contribution >= 0.6 is 19.9 Å². The third-order valence-corrected chi connectivity index (χ3v) is 10.7. The van der Waals surface area contributed by atoms with E-state index in [1.54, 1.807) is 5.56 Å². The van der Waals surface area contributed by atoms with Crippen molar-refractivity contribution in [3.63, 3.8) is 0 Å². The fourth-order valence-corrected chi connectivity index (χ4v) is 9.33. The summed E-state index contributed by atoms with van der Waals surface area (Å²) in [5.74, 6) is 0. The van der Waals surface area contributed by atoms with E-state index in [-0.39, 0.29) is 5.41 Å². The molecule has 0 nitrogen and oxygen atoms in total. The number of allylic oxidation sites excluding steroid dienone is 1.